The van der Waals surface area contributed by atoms with Crippen LogP contribution in [-0.2, 0) is 0 Å². The number of urea groups is 1. The van der Waals surface area contributed by atoms with E-state index in [1.165, 1.54) is 0 Å². The number of nitrogens with one attached hydrogen (secondary N) is 4. The van der Waals surface area contributed by atoms with Crippen molar-refractivity contribution in [1.29, 1.82) is 0 Å². The second kappa shape index (κ2) is 6.83. The number of anilines is 4. The average molecular weight is 361 g/mol. The van der Waals surface area contributed by atoms with E-state index < -0.39 is 0 Å². The highest BCUT2D eigenvalue weighted by Gasteiger charge is 2.13. The fraction of sp³-hybridized carbons (Fsp3) is 0.105. The molecule has 4 rings (SSSR count). The summed E-state index contributed by atoms with van der Waals surface area (Å²) >= 11 is 0. The molecule has 27 heavy (non-hydrogen) atoms. The Balaban J connectivity index is 1.79. The van der Waals surface area contributed by atoms with Crippen molar-refractivity contribution in [2.24, 2.45) is 0 Å². The Hall–Kier alpha value is -3.81. The molecule has 2 aromatic heterocycles. The number of aromatic nitrogens is 3. The van der Waals surface area contributed by atoms with Gasteiger partial charge < -0.3 is 21.3 Å². The zero-order valence-corrected chi connectivity index (χ0v) is 14.9. The number of amides is 2. The van der Waals surface area contributed by atoms with Crippen LogP contribution in [0.25, 0.3) is 16.4 Å². The summed E-state index contributed by atoms with van der Waals surface area (Å²) < 4.78 is 1.64. The summed E-state index contributed by atoms with van der Waals surface area (Å²) in [6.07, 6.45) is 1.57. The Kier molecular flexibility index (Phi) is 4.21. The summed E-state index contributed by atoms with van der Waals surface area (Å²) in [5.41, 5.74) is 2.01. The van der Waals surface area contributed by atoms with Gasteiger partial charge in [-0.2, -0.15) is 9.61 Å². The zero-order valence-electron chi connectivity index (χ0n) is 14.9. The number of carbonyl (C=O) groups is 1. The Morgan fingerprint density at radius 1 is 1.04 bits per heavy atom. The molecule has 0 saturated heterocycles. The predicted molar refractivity (Wildman–Crippen MR) is 108 cm³/mol. The maximum Gasteiger partial charge on any atom is 0.319 e. The minimum atomic E-state index is -0.329. The summed E-state index contributed by atoms with van der Waals surface area (Å²) in [6.45, 7) is 0. The smallest absolute Gasteiger partial charge is 0.319 e. The Morgan fingerprint density at radius 3 is 2.67 bits per heavy atom. The van der Waals surface area contributed by atoms with Crippen molar-refractivity contribution in [3.05, 3.63) is 54.7 Å². The van der Waals surface area contributed by atoms with Crippen LogP contribution in [-0.4, -0.2) is 34.7 Å². The fourth-order valence-corrected chi connectivity index (χ4v) is 2.95. The summed E-state index contributed by atoms with van der Waals surface area (Å²) in [5, 5.41) is 18.3. The number of nitrogens with zero attached hydrogens (tertiary/aromatic N) is 3. The van der Waals surface area contributed by atoms with Crippen LogP contribution in [0.5, 0.6) is 0 Å². The number of rotatable bonds is 4. The van der Waals surface area contributed by atoms with Gasteiger partial charge in [0.1, 0.15) is 17.3 Å². The Morgan fingerprint density at radius 2 is 1.85 bits per heavy atom. The van der Waals surface area contributed by atoms with Gasteiger partial charge in [-0.1, -0.05) is 36.4 Å². The largest absolute Gasteiger partial charge is 0.373 e. The van der Waals surface area contributed by atoms with E-state index in [-0.39, 0.29) is 6.03 Å². The molecule has 0 aliphatic heterocycles. The SMILES string of the molecule is CNC(=O)Nc1cnn2c(NC)cc(Nc3cccc4ccccc34)nc12. The Labute approximate surface area is 155 Å². The molecule has 0 fully saturated rings. The maximum absolute atomic E-state index is 11.7. The Bertz CT molecular complexity index is 1130. The van der Waals surface area contributed by atoms with Crippen molar-refractivity contribution in [2.45, 2.75) is 0 Å². The highest BCUT2D eigenvalue weighted by molar-refractivity contribution is 5.96. The van der Waals surface area contributed by atoms with E-state index in [0.717, 1.165) is 22.3 Å². The number of fused-ring (bicyclic) bond motifs is 2. The van der Waals surface area contributed by atoms with Gasteiger partial charge in [0.25, 0.3) is 0 Å². The number of hydrogen-bond acceptors (Lipinski definition) is 5. The van der Waals surface area contributed by atoms with Gasteiger partial charge in [0.2, 0.25) is 0 Å². The van der Waals surface area contributed by atoms with Crippen molar-refractivity contribution >= 4 is 45.5 Å². The van der Waals surface area contributed by atoms with Crippen molar-refractivity contribution < 1.29 is 4.79 Å². The molecular formula is C19H19N7O. The van der Waals surface area contributed by atoms with Crippen molar-refractivity contribution in [2.75, 3.05) is 30.0 Å². The van der Waals surface area contributed by atoms with Gasteiger partial charge in [0.05, 0.1) is 6.20 Å². The van der Waals surface area contributed by atoms with E-state index in [9.17, 15) is 4.79 Å². The quantitative estimate of drug-likeness (QED) is 0.447. The van der Waals surface area contributed by atoms with Crippen LogP contribution < -0.4 is 21.3 Å². The minimum absolute atomic E-state index is 0.329. The van der Waals surface area contributed by atoms with Gasteiger partial charge in [-0.15, -0.1) is 0 Å². The summed E-state index contributed by atoms with van der Waals surface area (Å²) in [5.74, 6) is 1.39. The van der Waals surface area contributed by atoms with Crippen LogP contribution in [0, 0.1) is 0 Å². The molecule has 8 heteroatoms. The molecule has 0 saturated carbocycles. The third kappa shape index (κ3) is 3.08. The molecule has 2 amide bonds. The number of hydrogen-bond donors (Lipinski definition) is 4. The van der Waals surface area contributed by atoms with Crippen LogP contribution >= 0.6 is 0 Å². The summed E-state index contributed by atoms with van der Waals surface area (Å²) in [6, 6.07) is 15.8. The minimum Gasteiger partial charge on any atom is -0.373 e. The maximum atomic E-state index is 11.7. The molecule has 4 aromatic rings. The van der Waals surface area contributed by atoms with E-state index in [0.29, 0.717) is 17.2 Å². The topological polar surface area (TPSA) is 95.4 Å². The van der Waals surface area contributed by atoms with Crippen LogP contribution in [0.3, 0.4) is 0 Å². The lowest BCUT2D eigenvalue weighted by Crippen LogP contribution is -2.24. The third-order valence-electron chi connectivity index (χ3n) is 4.26. The molecule has 0 spiro atoms. The third-order valence-corrected chi connectivity index (χ3v) is 4.26. The summed E-state index contributed by atoms with van der Waals surface area (Å²) in [7, 11) is 3.37. The van der Waals surface area contributed by atoms with Crippen molar-refractivity contribution in [3.63, 3.8) is 0 Å². The van der Waals surface area contributed by atoms with E-state index >= 15 is 0 Å². The van der Waals surface area contributed by atoms with Gasteiger partial charge in [-0.25, -0.2) is 9.78 Å². The molecule has 136 valence electrons. The van der Waals surface area contributed by atoms with E-state index in [1.807, 2.05) is 37.4 Å². The molecule has 4 N–H and O–H groups in total. The second-order valence-electron chi connectivity index (χ2n) is 5.93. The number of carbonyl (C=O) groups excluding carboxylic acids is 1. The predicted octanol–water partition coefficient (Wildman–Crippen LogP) is 3.42. The van der Waals surface area contributed by atoms with Crippen LogP contribution in [0.15, 0.2) is 54.7 Å². The lowest BCUT2D eigenvalue weighted by atomic mass is 10.1. The highest BCUT2D eigenvalue weighted by atomic mass is 16.2. The lowest BCUT2D eigenvalue weighted by molar-refractivity contribution is 0.254. The molecular weight excluding hydrogens is 342 g/mol. The van der Waals surface area contributed by atoms with Crippen molar-refractivity contribution in [1.82, 2.24) is 19.9 Å². The number of benzene rings is 2. The fourth-order valence-electron chi connectivity index (χ4n) is 2.95. The molecule has 0 atom stereocenters. The van der Waals surface area contributed by atoms with Crippen LogP contribution in [0.4, 0.5) is 27.8 Å². The lowest BCUT2D eigenvalue weighted by Gasteiger charge is -2.12. The molecule has 2 heterocycles. The molecule has 8 nitrogen and oxygen atoms in total. The molecule has 0 unspecified atom stereocenters. The molecule has 2 aromatic carbocycles. The summed E-state index contributed by atoms with van der Waals surface area (Å²) in [4.78, 5) is 16.3. The second-order valence-corrected chi connectivity index (χ2v) is 5.93. The first-order valence-electron chi connectivity index (χ1n) is 8.49. The molecule has 0 aliphatic carbocycles. The van der Waals surface area contributed by atoms with Gasteiger partial charge >= 0.3 is 6.03 Å². The molecule has 0 bridgehead atoms. The first-order valence-corrected chi connectivity index (χ1v) is 8.49. The van der Waals surface area contributed by atoms with E-state index in [2.05, 4.69) is 49.5 Å². The van der Waals surface area contributed by atoms with E-state index in [4.69, 9.17) is 0 Å². The molecule has 0 radical (unpaired) electrons. The van der Waals surface area contributed by atoms with E-state index in [1.54, 1.807) is 17.8 Å². The molecule has 0 aliphatic rings. The first kappa shape index (κ1) is 16.6. The average Bonchev–Trinajstić information content (AvgIpc) is 3.10. The normalized spacial score (nSPS) is 10.7. The van der Waals surface area contributed by atoms with Gasteiger partial charge in [0.15, 0.2) is 5.65 Å². The van der Waals surface area contributed by atoms with Gasteiger partial charge in [0, 0.05) is 31.2 Å². The van der Waals surface area contributed by atoms with Crippen LogP contribution in [0.2, 0.25) is 0 Å². The monoisotopic (exact) mass is 361 g/mol. The highest BCUT2D eigenvalue weighted by Crippen LogP contribution is 2.28. The van der Waals surface area contributed by atoms with Crippen molar-refractivity contribution in [3.8, 4) is 0 Å². The van der Waals surface area contributed by atoms with Crippen LogP contribution in [0.1, 0.15) is 0 Å². The standard InChI is InChI=1S/C19H19N7O/c1-20-17-10-16(23-14-9-5-7-12-6-3-4-8-13(12)14)25-18-15(11-22-26(17)18)24-19(27)21-2/h3-11,20H,1-2H3,(H,23,25)(H2,21,24,27). The zero-order chi connectivity index (χ0) is 18.8. The first-order chi connectivity index (χ1) is 13.2. The van der Waals surface area contributed by atoms with Gasteiger partial charge in [-0.05, 0) is 11.5 Å². The van der Waals surface area contributed by atoms with Gasteiger partial charge in [-0.3, -0.25) is 0 Å².